The van der Waals surface area contributed by atoms with Crippen molar-refractivity contribution < 1.29 is 9.59 Å². The van der Waals surface area contributed by atoms with Crippen LogP contribution in [0.2, 0.25) is 0 Å². The summed E-state index contributed by atoms with van der Waals surface area (Å²) in [4.78, 5) is 25.5. The molecule has 0 aromatic heterocycles. The van der Waals surface area contributed by atoms with Crippen molar-refractivity contribution in [3.8, 4) is 0 Å². The highest BCUT2D eigenvalue weighted by Gasteiger charge is 2.24. The molecule has 4 rings (SSSR count). The molecule has 2 N–H and O–H groups in total. The van der Waals surface area contributed by atoms with Gasteiger partial charge in [0.05, 0.1) is 0 Å². The highest BCUT2D eigenvalue weighted by atomic mass is 16.2. The van der Waals surface area contributed by atoms with E-state index >= 15 is 0 Å². The molecule has 4 nitrogen and oxygen atoms in total. The molecule has 2 aliphatic carbocycles. The summed E-state index contributed by atoms with van der Waals surface area (Å²) in [6.45, 7) is 4.45. The fraction of sp³-hybridized carbons (Fsp3) is 0.538. The van der Waals surface area contributed by atoms with E-state index < -0.39 is 0 Å². The van der Waals surface area contributed by atoms with Crippen LogP contribution in [0.5, 0.6) is 0 Å². The maximum Gasteiger partial charge on any atom is 0.251 e. The Balaban J connectivity index is 1.45. The number of hydrogen-bond donors (Lipinski definition) is 2. The van der Waals surface area contributed by atoms with Gasteiger partial charge in [0.1, 0.15) is 0 Å². The van der Waals surface area contributed by atoms with Crippen molar-refractivity contribution >= 4 is 22.6 Å². The molecule has 2 saturated carbocycles. The number of fused-ring (bicyclic) bond motifs is 1. The third-order valence-corrected chi connectivity index (χ3v) is 7.22. The molecule has 2 aromatic rings. The van der Waals surface area contributed by atoms with Gasteiger partial charge in [-0.1, -0.05) is 51.7 Å². The third kappa shape index (κ3) is 4.69. The van der Waals surface area contributed by atoms with Crippen LogP contribution in [0.4, 0.5) is 0 Å². The van der Waals surface area contributed by atoms with Crippen LogP contribution in [-0.4, -0.2) is 23.9 Å². The Bertz CT molecular complexity index is 847. The maximum absolute atomic E-state index is 12.8. The summed E-state index contributed by atoms with van der Waals surface area (Å²) < 4.78 is 0. The van der Waals surface area contributed by atoms with E-state index in [1.807, 2.05) is 36.4 Å². The minimum Gasteiger partial charge on any atom is -0.349 e. The van der Waals surface area contributed by atoms with Gasteiger partial charge in [0.15, 0.2) is 0 Å². The molecule has 4 unspecified atom stereocenters. The predicted octanol–water partition coefficient (Wildman–Crippen LogP) is 5.46. The molecular weight excluding hydrogens is 372 g/mol. The van der Waals surface area contributed by atoms with Gasteiger partial charge in [0.25, 0.3) is 11.8 Å². The maximum atomic E-state index is 12.8. The summed E-state index contributed by atoms with van der Waals surface area (Å²) in [6.07, 6.45) is 9.42. The van der Waals surface area contributed by atoms with Crippen molar-refractivity contribution in [1.82, 2.24) is 10.6 Å². The zero-order valence-electron chi connectivity index (χ0n) is 18.2. The summed E-state index contributed by atoms with van der Waals surface area (Å²) in [7, 11) is 0. The van der Waals surface area contributed by atoms with Crippen LogP contribution in [0.1, 0.15) is 85.9 Å². The van der Waals surface area contributed by atoms with E-state index in [2.05, 4.69) is 24.5 Å². The van der Waals surface area contributed by atoms with Crippen molar-refractivity contribution in [3.63, 3.8) is 0 Å². The zero-order valence-corrected chi connectivity index (χ0v) is 18.2. The van der Waals surface area contributed by atoms with Gasteiger partial charge in [-0.05, 0) is 72.6 Å². The first-order chi connectivity index (χ1) is 14.5. The third-order valence-electron chi connectivity index (χ3n) is 7.22. The van der Waals surface area contributed by atoms with Gasteiger partial charge in [-0.2, -0.15) is 0 Å². The Labute approximate surface area is 179 Å². The number of benzene rings is 2. The van der Waals surface area contributed by atoms with E-state index in [9.17, 15) is 9.59 Å². The lowest BCUT2D eigenvalue weighted by Crippen LogP contribution is -2.41. The fourth-order valence-corrected chi connectivity index (χ4v) is 5.09. The topological polar surface area (TPSA) is 58.2 Å². The minimum absolute atomic E-state index is 0.00348. The standard InChI is InChI=1S/C26H34N2O2/c1-17-7-3-5-9-23(17)27-25(29)21-13-11-20-16-22(14-12-19(20)15-21)26(30)28-24-10-6-4-8-18(24)2/h11-18,23-24H,3-10H2,1-2H3,(H,27,29)(H,28,30). The molecule has 160 valence electrons. The number of carbonyl (C=O) groups is 2. The molecule has 30 heavy (non-hydrogen) atoms. The number of nitrogens with one attached hydrogen (secondary N) is 2. The second-order valence-electron chi connectivity index (χ2n) is 9.46. The van der Waals surface area contributed by atoms with E-state index in [1.165, 1.54) is 38.5 Å². The highest BCUT2D eigenvalue weighted by molar-refractivity contribution is 6.02. The summed E-state index contributed by atoms with van der Waals surface area (Å²) in [6, 6.07) is 12.1. The average molecular weight is 407 g/mol. The monoisotopic (exact) mass is 406 g/mol. The Hall–Kier alpha value is -2.36. The van der Waals surface area contributed by atoms with Crippen molar-refractivity contribution in [1.29, 1.82) is 0 Å². The fourth-order valence-electron chi connectivity index (χ4n) is 5.09. The summed E-state index contributed by atoms with van der Waals surface area (Å²) in [5.74, 6) is 1.08. The van der Waals surface area contributed by atoms with Crippen LogP contribution in [0.15, 0.2) is 36.4 Å². The van der Waals surface area contributed by atoms with Gasteiger partial charge in [-0.25, -0.2) is 0 Å². The minimum atomic E-state index is 0.00348. The van der Waals surface area contributed by atoms with Crippen LogP contribution in [0.25, 0.3) is 10.8 Å². The molecule has 2 fully saturated rings. The summed E-state index contributed by atoms with van der Waals surface area (Å²) >= 11 is 0. The molecule has 0 saturated heterocycles. The second kappa shape index (κ2) is 9.20. The van der Waals surface area contributed by atoms with Gasteiger partial charge in [-0.15, -0.1) is 0 Å². The summed E-state index contributed by atoms with van der Waals surface area (Å²) in [5, 5.41) is 8.43. The van der Waals surface area contributed by atoms with Gasteiger partial charge in [-0.3, -0.25) is 9.59 Å². The molecule has 0 heterocycles. The van der Waals surface area contributed by atoms with Crippen LogP contribution < -0.4 is 10.6 Å². The predicted molar refractivity (Wildman–Crippen MR) is 122 cm³/mol. The lowest BCUT2D eigenvalue weighted by Gasteiger charge is -2.29. The molecule has 4 atom stereocenters. The summed E-state index contributed by atoms with van der Waals surface area (Å²) in [5.41, 5.74) is 1.38. The number of rotatable bonds is 4. The van der Waals surface area contributed by atoms with Gasteiger partial charge < -0.3 is 10.6 Å². The molecular formula is C26H34N2O2. The van der Waals surface area contributed by atoms with Crippen molar-refractivity contribution in [3.05, 3.63) is 47.5 Å². The second-order valence-corrected chi connectivity index (χ2v) is 9.46. The van der Waals surface area contributed by atoms with Crippen molar-refractivity contribution in [2.75, 3.05) is 0 Å². The largest absolute Gasteiger partial charge is 0.349 e. The van der Waals surface area contributed by atoms with E-state index in [4.69, 9.17) is 0 Å². The van der Waals surface area contributed by atoms with Gasteiger partial charge >= 0.3 is 0 Å². The molecule has 0 radical (unpaired) electrons. The molecule has 0 spiro atoms. The zero-order chi connectivity index (χ0) is 21.1. The Morgan fingerprint density at radius 2 is 1.07 bits per heavy atom. The smallest absolute Gasteiger partial charge is 0.251 e. The first-order valence-electron chi connectivity index (χ1n) is 11.7. The van der Waals surface area contributed by atoms with E-state index in [1.54, 1.807) is 0 Å². The number of carbonyl (C=O) groups excluding carboxylic acids is 2. The van der Waals surface area contributed by atoms with Crippen LogP contribution >= 0.6 is 0 Å². The van der Waals surface area contributed by atoms with E-state index in [0.717, 1.165) is 23.6 Å². The lowest BCUT2D eigenvalue weighted by atomic mass is 9.85. The van der Waals surface area contributed by atoms with E-state index in [0.29, 0.717) is 23.0 Å². The Morgan fingerprint density at radius 3 is 1.47 bits per heavy atom. The van der Waals surface area contributed by atoms with Crippen LogP contribution in [0.3, 0.4) is 0 Å². The van der Waals surface area contributed by atoms with Gasteiger partial charge in [0.2, 0.25) is 0 Å². The first kappa shape index (κ1) is 20.9. The molecule has 2 amide bonds. The SMILES string of the molecule is CC1CCCCC1NC(=O)c1ccc2cc(C(=O)NC3CCCCC3C)ccc2c1. The quantitative estimate of drug-likeness (QED) is 0.709. The normalized spacial score (nSPS) is 26.9. The van der Waals surface area contributed by atoms with Crippen LogP contribution in [-0.2, 0) is 0 Å². The molecule has 0 bridgehead atoms. The van der Waals surface area contributed by atoms with E-state index in [-0.39, 0.29) is 23.9 Å². The number of amides is 2. The average Bonchev–Trinajstić information content (AvgIpc) is 2.76. The van der Waals surface area contributed by atoms with Crippen molar-refractivity contribution in [2.24, 2.45) is 11.8 Å². The number of hydrogen-bond acceptors (Lipinski definition) is 2. The van der Waals surface area contributed by atoms with Crippen LogP contribution in [0, 0.1) is 11.8 Å². The Morgan fingerprint density at radius 1 is 0.667 bits per heavy atom. The first-order valence-corrected chi connectivity index (χ1v) is 11.7. The molecule has 2 aromatic carbocycles. The Kier molecular flexibility index (Phi) is 6.40. The van der Waals surface area contributed by atoms with Gasteiger partial charge in [0, 0.05) is 23.2 Å². The molecule has 0 aliphatic heterocycles. The molecule has 4 heteroatoms. The van der Waals surface area contributed by atoms with Crippen molar-refractivity contribution in [2.45, 2.75) is 77.3 Å². The molecule has 2 aliphatic rings. The lowest BCUT2D eigenvalue weighted by molar-refractivity contribution is 0.0902. The highest BCUT2D eigenvalue weighted by Crippen LogP contribution is 2.26.